The van der Waals surface area contributed by atoms with Gasteiger partial charge in [-0.3, -0.25) is 9.36 Å². The molecular weight excluding hydrogens is 828 g/mol. The van der Waals surface area contributed by atoms with Crippen molar-refractivity contribution in [3.05, 3.63) is 60.8 Å². The summed E-state index contributed by atoms with van der Waals surface area (Å²) in [6, 6.07) is -0.905. The average molecular weight is 933 g/mol. The third-order valence-corrected chi connectivity index (χ3v) is 12.9. The molecule has 0 saturated carbocycles. The Morgan fingerprint density at radius 3 is 1.35 bits per heavy atom. The molecule has 0 aliphatic rings. The molecule has 0 aliphatic carbocycles. The number of allylic oxidation sites excluding steroid dienone is 9. The normalized spacial score (nSPS) is 14.5. The van der Waals surface area contributed by atoms with Crippen LogP contribution in [-0.2, 0) is 18.4 Å². The zero-order valence-electron chi connectivity index (χ0n) is 43.2. The Hall–Kier alpha value is -1.80. The number of phosphoric acid groups is 1. The van der Waals surface area contributed by atoms with Crippen molar-refractivity contribution in [1.29, 1.82) is 0 Å². The Balaban J connectivity index is 4.17. The summed E-state index contributed by atoms with van der Waals surface area (Å²) in [6.07, 6.45) is 62.9. The lowest BCUT2D eigenvalue weighted by molar-refractivity contribution is -0.870. The van der Waals surface area contributed by atoms with Crippen molar-refractivity contribution >= 4 is 13.7 Å². The second-order valence-corrected chi connectivity index (χ2v) is 21.0. The zero-order chi connectivity index (χ0) is 47.8. The van der Waals surface area contributed by atoms with Gasteiger partial charge in [0.15, 0.2) is 0 Å². The number of nitrogens with zero attached hydrogens (tertiary/aromatic N) is 1. The van der Waals surface area contributed by atoms with Gasteiger partial charge in [-0.05, 0) is 70.6 Å². The van der Waals surface area contributed by atoms with Gasteiger partial charge in [-0.2, -0.15) is 0 Å². The molecule has 65 heavy (non-hydrogen) atoms. The van der Waals surface area contributed by atoms with Gasteiger partial charge in [0.1, 0.15) is 13.2 Å². The van der Waals surface area contributed by atoms with Gasteiger partial charge in [0.2, 0.25) is 5.91 Å². The van der Waals surface area contributed by atoms with E-state index in [4.69, 9.17) is 9.05 Å². The van der Waals surface area contributed by atoms with Crippen LogP contribution in [0.2, 0.25) is 0 Å². The molecule has 0 aromatic rings. The molecular formula is C56H105N2O6P. The van der Waals surface area contributed by atoms with Crippen LogP contribution < -0.4 is 10.2 Å². The molecule has 8 nitrogen and oxygen atoms in total. The van der Waals surface area contributed by atoms with E-state index in [1.54, 1.807) is 6.08 Å². The largest absolute Gasteiger partial charge is 0.756 e. The first-order chi connectivity index (χ1) is 31.5. The molecule has 3 atom stereocenters. The molecule has 0 fully saturated rings. The number of rotatable bonds is 49. The van der Waals surface area contributed by atoms with Crippen LogP contribution in [0.1, 0.15) is 239 Å². The Morgan fingerprint density at radius 2 is 0.908 bits per heavy atom. The van der Waals surface area contributed by atoms with Gasteiger partial charge in [0.05, 0.1) is 39.9 Å². The van der Waals surface area contributed by atoms with Crippen molar-refractivity contribution in [2.24, 2.45) is 0 Å². The summed E-state index contributed by atoms with van der Waals surface area (Å²) in [4.78, 5) is 25.4. The number of hydrogen-bond donors (Lipinski definition) is 2. The number of quaternary nitrogens is 1. The summed E-state index contributed by atoms with van der Waals surface area (Å²) in [6.45, 7) is 4.61. The average Bonchev–Trinajstić information content (AvgIpc) is 3.26. The van der Waals surface area contributed by atoms with Gasteiger partial charge >= 0.3 is 0 Å². The van der Waals surface area contributed by atoms with Gasteiger partial charge in [-0.1, -0.05) is 222 Å². The SMILES string of the molecule is CCCCCCC/C=C\C/C=C\C/C=C\CCCCCCCCCCCCCCCCC(=O)NC(COP(=O)([O-])OCC[N+](C)(C)C)C(O)/C=C/CC/C=C/CCCCCCCCCC. The third kappa shape index (κ3) is 49.9. The number of phosphoric ester groups is 1. The number of likely N-dealkylation sites (N-methyl/N-ethyl adjacent to an activating group) is 1. The number of unbranched alkanes of at least 4 members (excludes halogenated alkanes) is 28. The molecule has 0 radical (unpaired) electrons. The number of aliphatic hydroxyl groups excluding tert-OH is 1. The number of aliphatic hydroxyl groups is 1. The van der Waals surface area contributed by atoms with Crippen LogP contribution in [-0.4, -0.2) is 68.5 Å². The number of hydrogen-bond acceptors (Lipinski definition) is 6. The van der Waals surface area contributed by atoms with E-state index >= 15 is 0 Å². The second-order valence-electron chi connectivity index (χ2n) is 19.6. The fourth-order valence-corrected chi connectivity index (χ4v) is 8.37. The number of amides is 1. The summed E-state index contributed by atoms with van der Waals surface area (Å²) >= 11 is 0. The smallest absolute Gasteiger partial charge is 0.268 e. The summed E-state index contributed by atoms with van der Waals surface area (Å²) in [5.74, 6) is -0.209. The number of nitrogens with one attached hydrogen (secondary N) is 1. The molecule has 0 saturated heterocycles. The molecule has 0 aliphatic heterocycles. The topological polar surface area (TPSA) is 108 Å². The maximum Gasteiger partial charge on any atom is 0.268 e. The molecule has 2 N–H and O–H groups in total. The van der Waals surface area contributed by atoms with Gasteiger partial charge in [-0.25, -0.2) is 0 Å². The highest BCUT2D eigenvalue weighted by atomic mass is 31.2. The van der Waals surface area contributed by atoms with Crippen LogP contribution in [0.4, 0.5) is 0 Å². The molecule has 380 valence electrons. The third-order valence-electron chi connectivity index (χ3n) is 11.9. The molecule has 0 aromatic heterocycles. The predicted molar refractivity (Wildman–Crippen MR) is 279 cm³/mol. The van der Waals surface area contributed by atoms with Crippen molar-refractivity contribution in [2.75, 3.05) is 40.9 Å². The maximum atomic E-state index is 12.9. The van der Waals surface area contributed by atoms with Crippen molar-refractivity contribution in [1.82, 2.24) is 5.32 Å². The molecule has 0 rings (SSSR count). The van der Waals surface area contributed by atoms with E-state index in [1.165, 1.54) is 167 Å². The zero-order valence-corrected chi connectivity index (χ0v) is 44.1. The Labute approximate surface area is 402 Å². The van der Waals surface area contributed by atoms with Crippen LogP contribution in [0.5, 0.6) is 0 Å². The van der Waals surface area contributed by atoms with Gasteiger partial charge < -0.3 is 28.8 Å². The lowest BCUT2D eigenvalue weighted by Crippen LogP contribution is -2.45. The Morgan fingerprint density at radius 1 is 0.538 bits per heavy atom. The van der Waals surface area contributed by atoms with Crippen LogP contribution >= 0.6 is 7.82 Å². The highest BCUT2D eigenvalue weighted by molar-refractivity contribution is 7.45. The van der Waals surface area contributed by atoms with Gasteiger partial charge in [0.25, 0.3) is 7.82 Å². The van der Waals surface area contributed by atoms with E-state index in [2.05, 4.69) is 67.8 Å². The standard InChI is InChI=1S/C56H105N2O6P/c1-6-8-10-12-14-16-18-20-22-23-24-25-26-27-28-29-30-31-32-33-34-35-36-38-40-42-44-46-48-50-56(60)57-54(53-64-65(61,62)63-52-51-58(3,4)5)55(59)49-47-45-43-41-39-37-21-19-17-15-13-11-9-7-2/h18,20,23-24,26-27,39,41,47,49,54-55,59H,6-17,19,21-22,25,28-38,40,42-46,48,50-53H2,1-5H3,(H-,57,60,61,62)/b20-18-,24-23-,27-26-,41-39+,49-47+. The first-order valence-corrected chi connectivity index (χ1v) is 28.6. The minimum absolute atomic E-state index is 0.00776. The number of carbonyl (C=O) groups excluding carboxylic acids is 1. The Kier molecular flexibility index (Phi) is 46.0. The Bertz CT molecular complexity index is 1240. The monoisotopic (exact) mass is 933 g/mol. The molecule has 0 heterocycles. The minimum Gasteiger partial charge on any atom is -0.756 e. The summed E-state index contributed by atoms with van der Waals surface area (Å²) < 4.78 is 23.3. The van der Waals surface area contributed by atoms with Crippen LogP contribution in [0, 0.1) is 0 Å². The highest BCUT2D eigenvalue weighted by Crippen LogP contribution is 2.38. The molecule has 1 amide bonds. The highest BCUT2D eigenvalue weighted by Gasteiger charge is 2.23. The fraction of sp³-hybridized carbons (Fsp3) is 0.804. The lowest BCUT2D eigenvalue weighted by atomic mass is 10.0. The van der Waals surface area contributed by atoms with Gasteiger partial charge in [0, 0.05) is 6.42 Å². The summed E-state index contributed by atoms with van der Waals surface area (Å²) in [7, 11) is 1.24. The van der Waals surface area contributed by atoms with Crippen molar-refractivity contribution in [2.45, 2.75) is 251 Å². The fourth-order valence-electron chi connectivity index (χ4n) is 7.65. The molecule has 0 bridgehead atoms. The van der Waals surface area contributed by atoms with Crippen molar-refractivity contribution in [3.8, 4) is 0 Å². The summed E-state index contributed by atoms with van der Waals surface area (Å²) in [5, 5.41) is 13.8. The van der Waals surface area contributed by atoms with E-state index in [9.17, 15) is 19.4 Å². The van der Waals surface area contributed by atoms with Gasteiger partial charge in [-0.15, -0.1) is 0 Å². The molecule has 3 unspecified atom stereocenters. The molecule has 0 spiro atoms. The summed E-state index contributed by atoms with van der Waals surface area (Å²) in [5.41, 5.74) is 0. The quantitative estimate of drug-likeness (QED) is 0.0272. The molecule has 0 aromatic carbocycles. The van der Waals surface area contributed by atoms with E-state index in [0.29, 0.717) is 17.4 Å². The van der Waals surface area contributed by atoms with Crippen LogP contribution in [0.15, 0.2) is 60.8 Å². The van der Waals surface area contributed by atoms with Crippen molar-refractivity contribution < 1.29 is 32.9 Å². The molecule has 9 heteroatoms. The van der Waals surface area contributed by atoms with E-state index in [1.807, 2.05) is 27.2 Å². The lowest BCUT2D eigenvalue weighted by Gasteiger charge is -2.29. The van der Waals surface area contributed by atoms with Crippen LogP contribution in [0.25, 0.3) is 0 Å². The van der Waals surface area contributed by atoms with Crippen molar-refractivity contribution in [3.63, 3.8) is 0 Å². The van der Waals surface area contributed by atoms with E-state index < -0.39 is 26.6 Å². The van der Waals surface area contributed by atoms with E-state index in [-0.39, 0.29) is 12.5 Å². The van der Waals surface area contributed by atoms with E-state index in [0.717, 1.165) is 51.4 Å². The number of carbonyl (C=O) groups is 1. The first kappa shape index (κ1) is 63.2. The van der Waals surface area contributed by atoms with Crippen LogP contribution in [0.3, 0.4) is 0 Å². The second kappa shape index (κ2) is 47.3. The minimum atomic E-state index is -4.60. The predicted octanol–water partition coefficient (Wildman–Crippen LogP) is 15.5. The first-order valence-electron chi connectivity index (χ1n) is 27.2. The maximum absolute atomic E-state index is 12.9.